The molecule has 1 N–H and O–H groups in total. The highest BCUT2D eigenvalue weighted by Gasteiger charge is 2.31. The van der Waals surface area contributed by atoms with E-state index in [1.165, 1.54) is 6.07 Å². The van der Waals surface area contributed by atoms with Gasteiger partial charge in [0.1, 0.15) is 0 Å². The molecule has 1 saturated heterocycles. The fourth-order valence-electron chi connectivity index (χ4n) is 2.88. The molecule has 0 aliphatic carbocycles. The summed E-state index contributed by atoms with van der Waals surface area (Å²) in [6.45, 7) is 2.63. The van der Waals surface area contributed by atoms with Crippen molar-refractivity contribution in [3.8, 4) is 0 Å². The van der Waals surface area contributed by atoms with E-state index >= 15 is 0 Å². The second-order valence-corrected chi connectivity index (χ2v) is 5.78. The second kappa shape index (κ2) is 5.14. The Morgan fingerprint density at radius 1 is 1.38 bits per heavy atom. The lowest BCUT2D eigenvalue weighted by Gasteiger charge is -2.28. The number of halogens is 3. The number of fused-ring (bicyclic) bond motifs is 1. The van der Waals surface area contributed by atoms with E-state index in [9.17, 15) is 13.2 Å². The zero-order chi connectivity index (χ0) is 15.2. The summed E-state index contributed by atoms with van der Waals surface area (Å²) in [5.74, 6) is 0. The molecule has 2 atom stereocenters. The molecule has 1 aliphatic rings. The van der Waals surface area contributed by atoms with Gasteiger partial charge in [0.05, 0.1) is 22.7 Å². The van der Waals surface area contributed by atoms with E-state index in [2.05, 4.69) is 4.98 Å². The Morgan fingerprint density at radius 2 is 2.14 bits per heavy atom. The number of benzene rings is 1. The van der Waals surface area contributed by atoms with Gasteiger partial charge in [0.15, 0.2) is 4.77 Å². The monoisotopic (exact) mass is 316 g/mol. The Morgan fingerprint density at radius 3 is 2.81 bits per heavy atom. The Bertz CT molecular complexity index is 719. The van der Waals surface area contributed by atoms with Crippen molar-refractivity contribution in [3.05, 3.63) is 28.5 Å². The quantitative estimate of drug-likeness (QED) is 0.787. The first-order valence-electron chi connectivity index (χ1n) is 6.79. The fourth-order valence-corrected chi connectivity index (χ4v) is 3.24. The van der Waals surface area contributed by atoms with Gasteiger partial charge < -0.3 is 14.3 Å². The van der Waals surface area contributed by atoms with E-state index in [-0.39, 0.29) is 12.1 Å². The first kappa shape index (κ1) is 14.6. The summed E-state index contributed by atoms with van der Waals surface area (Å²) in [4.78, 5) is 2.89. The topological polar surface area (TPSA) is 29.9 Å². The highest BCUT2D eigenvalue weighted by molar-refractivity contribution is 7.71. The molecule has 0 spiro atoms. The molecule has 0 saturated carbocycles. The van der Waals surface area contributed by atoms with Crippen LogP contribution in [-0.4, -0.2) is 22.3 Å². The van der Waals surface area contributed by atoms with Crippen molar-refractivity contribution in [1.82, 2.24) is 9.55 Å². The molecule has 114 valence electrons. The van der Waals surface area contributed by atoms with Crippen LogP contribution in [0.1, 0.15) is 31.4 Å². The van der Waals surface area contributed by atoms with Crippen molar-refractivity contribution in [3.63, 3.8) is 0 Å². The van der Waals surface area contributed by atoms with Gasteiger partial charge in [-0.3, -0.25) is 0 Å². The van der Waals surface area contributed by atoms with Crippen LogP contribution >= 0.6 is 12.2 Å². The Labute approximate surface area is 124 Å². The minimum Gasteiger partial charge on any atom is -0.378 e. The number of nitrogens with zero attached hydrogens (tertiary/aromatic N) is 1. The van der Waals surface area contributed by atoms with Crippen LogP contribution in [0.3, 0.4) is 0 Å². The van der Waals surface area contributed by atoms with Crippen LogP contribution in [0.15, 0.2) is 18.2 Å². The molecule has 3 rings (SSSR count). The van der Waals surface area contributed by atoms with Gasteiger partial charge in [-0.15, -0.1) is 0 Å². The molecule has 0 radical (unpaired) electrons. The Balaban J connectivity index is 2.08. The summed E-state index contributed by atoms with van der Waals surface area (Å²) >= 11 is 5.29. The van der Waals surface area contributed by atoms with Gasteiger partial charge in [0.25, 0.3) is 0 Å². The normalized spacial score (nSPS) is 23.6. The molecule has 21 heavy (non-hydrogen) atoms. The van der Waals surface area contributed by atoms with Gasteiger partial charge in [-0.2, -0.15) is 13.2 Å². The first-order valence-corrected chi connectivity index (χ1v) is 7.20. The van der Waals surface area contributed by atoms with Crippen LogP contribution < -0.4 is 0 Å². The minimum atomic E-state index is -4.35. The van der Waals surface area contributed by atoms with Gasteiger partial charge in [-0.1, -0.05) is 0 Å². The van der Waals surface area contributed by atoms with Crippen LogP contribution in [0.25, 0.3) is 11.0 Å². The summed E-state index contributed by atoms with van der Waals surface area (Å²) in [5.41, 5.74) is 0.472. The molecule has 2 aromatic rings. The van der Waals surface area contributed by atoms with Crippen molar-refractivity contribution in [2.24, 2.45) is 0 Å². The standard InChI is InChI=1S/C14H15F3N2OS/c1-8-6-10(4-5-20-8)19-12-3-2-9(14(15,16)17)7-11(12)18-13(19)21/h2-3,7-8,10H,4-6H2,1H3,(H,18,21). The third-order valence-electron chi connectivity index (χ3n) is 3.87. The third-order valence-corrected chi connectivity index (χ3v) is 4.17. The lowest BCUT2D eigenvalue weighted by Crippen LogP contribution is -2.25. The average Bonchev–Trinajstić information content (AvgIpc) is 2.72. The van der Waals surface area contributed by atoms with Gasteiger partial charge in [0, 0.05) is 12.6 Å². The molecule has 0 amide bonds. The highest BCUT2D eigenvalue weighted by atomic mass is 32.1. The maximum Gasteiger partial charge on any atom is 0.416 e. The lowest BCUT2D eigenvalue weighted by molar-refractivity contribution is -0.137. The molecule has 0 bridgehead atoms. The van der Waals surface area contributed by atoms with Crippen molar-refractivity contribution >= 4 is 23.3 Å². The molecule has 3 nitrogen and oxygen atoms in total. The molecule has 7 heteroatoms. The molecule has 2 heterocycles. The van der Waals surface area contributed by atoms with E-state index in [0.717, 1.165) is 25.0 Å². The van der Waals surface area contributed by atoms with Gasteiger partial charge >= 0.3 is 6.18 Å². The van der Waals surface area contributed by atoms with E-state index in [0.29, 0.717) is 22.4 Å². The fraction of sp³-hybridized carbons (Fsp3) is 0.500. The first-order chi connectivity index (χ1) is 9.86. The van der Waals surface area contributed by atoms with E-state index in [1.54, 1.807) is 0 Å². The molecule has 2 unspecified atom stereocenters. The van der Waals surface area contributed by atoms with Crippen LogP contribution in [0, 0.1) is 4.77 Å². The zero-order valence-electron chi connectivity index (χ0n) is 11.4. The van der Waals surface area contributed by atoms with Gasteiger partial charge in [0.2, 0.25) is 0 Å². The highest BCUT2D eigenvalue weighted by Crippen LogP contribution is 2.33. The molecule has 1 aromatic heterocycles. The average molecular weight is 316 g/mol. The number of imidazole rings is 1. The van der Waals surface area contributed by atoms with E-state index < -0.39 is 11.7 Å². The number of aromatic nitrogens is 2. The van der Waals surface area contributed by atoms with E-state index in [1.807, 2.05) is 11.5 Å². The van der Waals surface area contributed by atoms with Gasteiger partial charge in [-0.05, 0) is 50.2 Å². The van der Waals surface area contributed by atoms with Crippen molar-refractivity contribution < 1.29 is 17.9 Å². The van der Waals surface area contributed by atoms with Crippen molar-refractivity contribution in [2.75, 3.05) is 6.61 Å². The smallest absolute Gasteiger partial charge is 0.378 e. The number of alkyl halides is 3. The summed E-state index contributed by atoms with van der Waals surface area (Å²) in [7, 11) is 0. The predicted molar refractivity (Wildman–Crippen MR) is 75.8 cm³/mol. The lowest BCUT2D eigenvalue weighted by atomic mass is 10.0. The summed E-state index contributed by atoms with van der Waals surface area (Å²) in [6.07, 6.45) is -2.60. The SMILES string of the molecule is CC1CC(n2c(=S)[nH]c3cc(C(F)(F)F)ccc32)CCO1. The molecule has 1 aliphatic heterocycles. The Hall–Kier alpha value is -1.34. The number of rotatable bonds is 1. The van der Waals surface area contributed by atoms with Crippen molar-refractivity contribution in [1.29, 1.82) is 0 Å². The van der Waals surface area contributed by atoms with Crippen LogP contribution in [0.5, 0.6) is 0 Å². The van der Waals surface area contributed by atoms with Crippen molar-refractivity contribution in [2.45, 2.75) is 38.1 Å². The van der Waals surface area contributed by atoms with Crippen LogP contribution in [0.4, 0.5) is 13.2 Å². The van der Waals surface area contributed by atoms with Crippen LogP contribution in [0.2, 0.25) is 0 Å². The maximum absolute atomic E-state index is 12.8. The summed E-state index contributed by atoms with van der Waals surface area (Å²) < 4.78 is 46.2. The summed E-state index contributed by atoms with van der Waals surface area (Å²) in [5, 5.41) is 0. The number of nitrogens with one attached hydrogen (secondary N) is 1. The molecular formula is C14H15F3N2OS. The number of hydrogen-bond acceptors (Lipinski definition) is 2. The summed E-state index contributed by atoms with van der Waals surface area (Å²) in [6, 6.07) is 3.87. The van der Waals surface area contributed by atoms with E-state index in [4.69, 9.17) is 17.0 Å². The van der Waals surface area contributed by atoms with Crippen LogP contribution in [-0.2, 0) is 10.9 Å². The third kappa shape index (κ3) is 2.72. The molecular weight excluding hydrogens is 301 g/mol. The Kier molecular flexibility index (Phi) is 3.57. The molecule has 1 fully saturated rings. The number of ether oxygens (including phenoxy) is 1. The largest absolute Gasteiger partial charge is 0.416 e. The zero-order valence-corrected chi connectivity index (χ0v) is 12.2. The number of aromatic amines is 1. The molecule has 1 aromatic carbocycles. The van der Waals surface area contributed by atoms with Gasteiger partial charge in [-0.25, -0.2) is 0 Å². The maximum atomic E-state index is 12.8. The minimum absolute atomic E-state index is 0.130. The number of H-pyrrole nitrogens is 1. The second-order valence-electron chi connectivity index (χ2n) is 5.39. The number of hydrogen-bond donors (Lipinski definition) is 1. The predicted octanol–water partition coefficient (Wildman–Crippen LogP) is 4.46.